The molecule has 0 amide bonds. The first-order chi connectivity index (χ1) is 13.9. The average molecular weight is 427 g/mol. The lowest BCUT2D eigenvalue weighted by atomic mass is 10.0. The Morgan fingerprint density at radius 2 is 1.83 bits per heavy atom. The summed E-state index contributed by atoms with van der Waals surface area (Å²) in [6.07, 6.45) is 1.49. The highest BCUT2D eigenvalue weighted by molar-refractivity contribution is 8.00. The minimum atomic E-state index is -0.329. The van der Waals surface area contributed by atoms with E-state index < -0.39 is 0 Å². The van der Waals surface area contributed by atoms with Crippen LogP contribution < -0.4 is 0 Å². The van der Waals surface area contributed by atoms with Gasteiger partial charge in [0.1, 0.15) is 27.8 Å². The van der Waals surface area contributed by atoms with Crippen molar-refractivity contribution in [2.45, 2.75) is 18.9 Å². The first-order valence-corrected chi connectivity index (χ1v) is 10.7. The highest BCUT2D eigenvalue weighted by Gasteiger charge is 2.18. The molecular formula is C22H16F2N2OS2. The summed E-state index contributed by atoms with van der Waals surface area (Å²) in [6, 6.07) is 10.7. The third-order valence-corrected chi connectivity index (χ3v) is 6.59. The molecule has 0 aliphatic heterocycles. The van der Waals surface area contributed by atoms with Crippen molar-refractivity contribution in [2.24, 2.45) is 0 Å². The highest BCUT2D eigenvalue weighted by Crippen LogP contribution is 2.41. The Kier molecular flexibility index (Phi) is 5.43. The van der Waals surface area contributed by atoms with Crippen LogP contribution in [-0.4, -0.2) is 21.5 Å². The number of Topliss-reactive ketones (excluding diaryl/α,β-unsaturated/α-hetero) is 1. The molecule has 0 atom stereocenters. The van der Waals surface area contributed by atoms with Crippen LogP contribution in [0.15, 0.2) is 53.8 Å². The Bertz CT molecular complexity index is 1220. The van der Waals surface area contributed by atoms with Crippen LogP contribution in [0, 0.1) is 25.5 Å². The fourth-order valence-corrected chi connectivity index (χ4v) is 5.10. The zero-order valence-electron chi connectivity index (χ0n) is 15.7. The van der Waals surface area contributed by atoms with Crippen molar-refractivity contribution in [3.05, 3.63) is 76.4 Å². The van der Waals surface area contributed by atoms with E-state index in [4.69, 9.17) is 0 Å². The van der Waals surface area contributed by atoms with Crippen molar-refractivity contribution in [3.63, 3.8) is 0 Å². The second-order valence-electron chi connectivity index (χ2n) is 6.57. The van der Waals surface area contributed by atoms with Gasteiger partial charge in [0.15, 0.2) is 5.78 Å². The van der Waals surface area contributed by atoms with Gasteiger partial charge in [0.25, 0.3) is 0 Å². The number of carbonyl (C=O) groups is 1. The Morgan fingerprint density at radius 3 is 2.55 bits per heavy atom. The maximum absolute atomic E-state index is 13.5. The summed E-state index contributed by atoms with van der Waals surface area (Å²) < 4.78 is 26.8. The molecule has 0 saturated heterocycles. The van der Waals surface area contributed by atoms with E-state index in [0.717, 1.165) is 26.2 Å². The van der Waals surface area contributed by atoms with Crippen molar-refractivity contribution in [2.75, 3.05) is 5.75 Å². The highest BCUT2D eigenvalue weighted by atomic mass is 32.2. The molecule has 3 nitrogen and oxygen atoms in total. The van der Waals surface area contributed by atoms with Crippen molar-refractivity contribution in [1.82, 2.24) is 9.97 Å². The molecular weight excluding hydrogens is 410 g/mol. The zero-order chi connectivity index (χ0) is 20.5. The van der Waals surface area contributed by atoms with E-state index in [0.29, 0.717) is 16.2 Å². The van der Waals surface area contributed by atoms with Crippen LogP contribution in [0.2, 0.25) is 0 Å². The molecule has 0 unspecified atom stereocenters. The Morgan fingerprint density at radius 1 is 1.07 bits per heavy atom. The summed E-state index contributed by atoms with van der Waals surface area (Å²) >= 11 is 2.87. The number of carbonyl (C=O) groups excluding carboxylic acids is 1. The number of fused-ring (bicyclic) bond motifs is 1. The SMILES string of the molecule is Cc1cc(C(=O)CSc2ncnc3sc(C)c(-c4ccc(F)cc4)c23)ccc1F. The van der Waals surface area contributed by atoms with E-state index >= 15 is 0 Å². The fourth-order valence-electron chi connectivity index (χ4n) is 3.13. The van der Waals surface area contributed by atoms with Gasteiger partial charge in [-0.15, -0.1) is 11.3 Å². The minimum absolute atomic E-state index is 0.0971. The van der Waals surface area contributed by atoms with E-state index in [1.807, 2.05) is 6.92 Å². The van der Waals surface area contributed by atoms with E-state index in [9.17, 15) is 13.6 Å². The van der Waals surface area contributed by atoms with Gasteiger partial charge >= 0.3 is 0 Å². The number of aromatic nitrogens is 2. The van der Waals surface area contributed by atoms with Crippen LogP contribution in [0.4, 0.5) is 8.78 Å². The van der Waals surface area contributed by atoms with Crippen LogP contribution in [0.3, 0.4) is 0 Å². The number of aryl methyl sites for hydroxylation is 2. The first-order valence-electron chi connectivity index (χ1n) is 8.86. The number of ketones is 1. The quantitative estimate of drug-likeness (QED) is 0.216. The molecule has 2 aromatic heterocycles. The van der Waals surface area contributed by atoms with Crippen LogP contribution in [0.5, 0.6) is 0 Å². The molecule has 2 aromatic carbocycles. The summed E-state index contributed by atoms with van der Waals surface area (Å²) in [6.45, 7) is 3.63. The summed E-state index contributed by atoms with van der Waals surface area (Å²) in [5.41, 5.74) is 2.75. The first kappa shape index (κ1) is 19.7. The van der Waals surface area contributed by atoms with Crippen LogP contribution in [0.25, 0.3) is 21.3 Å². The Balaban J connectivity index is 1.68. The van der Waals surface area contributed by atoms with Gasteiger partial charge in [-0.2, -0.15) is 0 Å². The topological polar surface area (TPSA) is 42.9 Å². The average Bonchev–Trinajstić information content (AvgIpc) is 3.05. The number of thiophene rings is 1. The summed E-state index contributed by atoms with van der Waals surface area (Å²) in [7, 11) is 0. The monoisotopic (exact) mass is 426 g/mol. The molecule has 29 heavy (non-hydrogen) atoms. The molecule has 4 rings (SSSR count). The number of rotatable bonds is 5. The van der Waals surface area contributed by atoms with Crippen molar-refractivity contribution in [1.29, 1.82) is 0 Å². The van der Waals surface area contributed by atoms with Gasteiger partial charge in [-0.3, -0.25) is 4.79 Å². The predicted molar refractivity (Wildman–Crippen MR) is 114 cm³/mol. The number of thioether (sulfide) groups is 1. The lowest BCUT2D eigenvalue weighted by Crippen LogP contribution is -2.04. The van der Waals surface area contributed by atoms with E-state index in [1.54, 1.807) is 36.5 Å². The number of halogens is 2. The Hall–Kier alpha value is -2.64. The van der Waals surface area contributed by atoms with Gasteiger partial charge in [0, 0.05) is 16.0 Å². The predicted octanol–water partition coefficient (Wildman–Crippen LogP) is 6.23. The molecule has 0 bridgehead atoms. The minimum Gasteiger partial charge on any atom is -0.293 e. The smallest absolute Gasteiger partial charge is 0.173 e. The standard InChI is InChI=1S/C22H16F2N2OS2/c1-12-9-15(5-8-17(12)24)18(27)10-28-21-20-19(14-3-6-16(23)7-4-14)13(2)29-22(20)26-11-25-21/h3-9,11H,10H2,1-2H3. The summed E-state index contributed by atoms with van der Waals surface area (Å²) in [4.78, 5) is 23.2. The summed E-state index contributed by atoms with van der Waals surface area (Å²) in [5.74, 6) is -0.545. The van der Waals surface area contributed by atoms with Crippen molar-refractivity contribution in [3.8, 4) is 11.1 Å². The Labute approximate surface area is 174 Å². The van der Waals surface area contributed by atoms with E-state index in [2.05, 4.69) is 9.97 Å². The fraction of sp³-hybridized carbons (Fsp3) is 0.136. The molecule has 146 valence electrons. The third kappa shape index (κ3) is 3.93. The lowest BCUT2D eigenvalue weighted by Gasteiger charge is -2.07. The van der Waals surface area contributed by atoms with Gasteiger partial charge in [-0.25, -0.2) is 18.7 Å². The largest absolute Gasteiger partial charge is 0.293 e. The van der Waals surface area contributed by atoms with Crippen LogP contribution >= 0.6 is 23.1 Å². The second-order valence-corrected chi connectivity index (χ2v) is 8.74. The molecule has 7 heteroatoms. The number of hydrogen-bond donors (Lipinski definition) is 0. The van der Waals surface area contributed by atoms with Crippen LogP contribution in [0.1, 0.15) is 20.8 Å². The van der Waals surface area contributed by atoms with Gasteiger partial charge in [-0.1, -0.05) is 23.9 Å². The number of hydrogen-bond acceptors (Lipinski definition) is 5. The molecule has 2 heterocycles. The maximum atomic E-state index is 13.5. The molecule has 0 N–H and O–H groups in total. The van der Waals surface area contributed by atoms with Gasteiger partial charge in [-0.05, 0) is 55.3 Å². The molecule has 0 aliphatic rings. The van der Waals surface area contributed by atoms with Gasteiger partial charge in [0.2, 0.25) is 0 Å². The second kappa shape index (κ2) is 8.00. The number of benzene rings is 2. The lowest BCUT2D eigenvalue weighted by molar-refractivity contribution is 0.102. The van der Waals surface area contributed by atoms with E-state index in [-0.39, 0.29) is 23.2 Å². The number of nitrogens with zero attached hydrogens (tertiary/aromatic N) is 2. The summed E-state index contributed by atoms with van der Waals surface area (Å²) in [5, 5.41) is 1.57. The molecule has 0 aliphatic carbocycles. The van der Waals surface area contributed by atoms with Crippen molar-refractivity contribution < 1.29 is 13.6 Å². The molecule has 0 fully saturated rings. The molecule has 0 saturated carbocycles. The van der Waals surface area contributed by atoms with Crippen LogP contribution in [-0.2, 0) is 0 Å². The maximum Gasteiger partial charge on any atom is 0.173 e. The zero-order valence-corrected chi connectivity index (χ0v) is 17.3. The van der Waals surface area contributed by atoms with Gasteiger partial charge < -0.3 is 0 Å². The molecule has 4 aromatic rings. The van der Waals surface area contributed by atoms with E-state index in [1.165, 1.54) is 42.4 Å². The third-order valence-electron chi connectivity index (χ3n) is 4.58. The normalized spacial score (nSPS) is 11.2. The molecule has 0 spiro atoms. The van der Waals surface area contributed by atoms with Crippen molar-refractivity contribution >= 4 is 39.1 Å². The van der Waals surface area contributed by atoms with Gasteiger partial charge in [0.05, 0.1) is 11.1 Å². The molecule has 0 radical (unpaired) electrons.